The van der Waals surface area contributed by atoms with E-state index in [4.69, 9.17) is 9.84 Å². The molecule has 1 atom stereocenters. The number of hydrogen-bond acceptors (Lipinski definition) is 4. The summed E-state index contributed by atoms with van der Waals surface area (Å²) in [5, 5.41) is 8.73. The van der Waals surface area contributed by atoms with Gasteiger partial charge in [0.1, 0.15) is 11.6 Å². The molecule has 0 spiro atoms. The quantitative estimate of drug-likeness (QED) is 0.783. The fraction of sp³-hybridized carbons (Fsp3) is 0.556. The Labute approximate surface area is 137 Å². The van der Waals surface area contributed by atoms with Crippen LogP contribution in [0.4, 0.5) is 0 Å². The van der Waals surface area contributed by atoms with Crippen molar-refractivity contribution in [3.8, 4) is 0 Å². The van der Waals surface area contributed by atoms with Crippen molar-refractivity contribution in [1.29, 1.82) is 0 Å². The number of nitrogens with zero attached hydrogens (tertiary/aromatic N) is 1. The van der Waals surface area contributed by atoms with E-state index in [9.17, 15) is 9.59 Å². The maximum Gasteiger partial charge on any atom is 0.324 e. The third-order valence-electron chi connectivity index (χ3n) is 4.30. The van der Waals surface area contributed by atoms with E-state index >= 15 is 0 Å². The van der Waals surface area contributed by atoms with Gasteiger partial charge in [-0.2, -0.15) is 0 Å². The van der Waals surface area contributed by atoms with E-state index in [1.807, 2.05) is 49.1 Å². The zero-order valence-corrected chi connectivity index (χ0v) is 13.8. The molecule has 1 saturated heterocycles. The van der Waals surface area contributed by atoms with Gasteiger partial charge >= 0.3 is 11.9 Å². The van der Waals surface area contributed by atoms with Gasteiger partial charge in [0.05, 0.1) is 0 Å². The molecule has 1 aliphatic heterocycles. The van der Waals surface area contributed by atoms with Crippen LogP contribution in [-0.4, -0.2) is 41.1 Å². The third kappa shape index (κ3) is 4.79. The summed E-state index contributed by atoms with van der Waals surface area (Å²) in [5.41, 5.74) is 0.289. The lowest BCUT2D eigenvalue weighted by Gasteiger charge is -2.30. The molecule has 0 bridgehead atoms. The number of carboxylic acid groups (broad SMARTS) is 1. The van der Waals surface area contributed by atoms with Crippen molar-refractivity contribution < 1.29 is 19.4 Å². The van der Waals surface area contributed by atoms with E-state index in [1.54, 1.807) is 0 Å². The smallest absolute Gasteiger partial charge is 0.324 e. The molecule has 1 N–H and O–H groups in total. The first-order chi connectivity index (χ1) is 10.9. The molecule has 0 aliphatic carbocycles. The van der Waals surface area contributed by atoms with Gasteiger partial charge in [-0.1, -0.05) is 30.3 Å². The Morgan fingerprint density at radius 3 is 2.65 bits per heavy atom. The second-order valence-electron chi connectivity index (χ2n) is 6.49. The van der Waals surface area contributed by atoms with Crippen LogP contribution in [0.3, 0.4) is 0 Å². The number of carboxylic acids is 1. The second kappa shape index (κ2) is 7.59. The molecule has 0 aromatic heterocycles. The summed E-state index contributed by atoms with van der Waals surface area (Å²) in [6.45, 7) is 5.23. The number of benzene rings is 1. The molecule has 0 unspecified atom stereocenters. The molecule has 1 aromatic carbocycles. The van der Waals surface area contributed by atoms with Crippen molar-refractivity contribution in [2.24, 2.45) is 0 Å². The van der Waals surface area contributed by atoms with Gasteiger partial charge in [0.25, 0.3) is 0 Å². The molecule has 5 heteroatoms. The molecule has 5 nitrogen and oxygen atoms in total. The minimum atomic E-state index is -0.798. The van der Waals surface area contributed by atoms with Crippen LogP contribution in [0.1, 0.15) is 45.1 Å². The Morgan fingerprint density at radius 2 is 2.00 bits per heavy atom. The van der Waals surface area contributed by atoms with Crippen molar-refractivity contribution in [2.45, 2.75) is 51.2 Å². The highest BCUT2D eigenvalue weighted by molar-refractivity contribution is 5.76. The van der Waals surface area contributed by atoms with E-state index < -0.39 is 11.6 Å². The first kappa shape index (κ1) is 17.5. The molecule has 23 heavy (non-hydrogen) atoms. The first-order valence-electron chi connectivity index (χ1n) is 8.14. The highest BCUT2D eigenvalue weighted by Gasteiger charge is 2.35. The average Bonchev–Trinajstić information content (AvgIpc) is 2.96. The van der Waals surface area contributed by atoms with Gasteiger partial charge in [-0.05, 0) is 51.8 Å². The van der Waals surface area contributed by atoms with E-state index in [-0.39, 0.29) is 18.4 Å². The number of carbonyl (C=O) groups excluding carboxylic acids is 1. The van der Waals surface area contributed by atoms with Crippen molar-refractivity contribution in [3.05, 3.63) is 35.9 Å². The maximum atomic E-state index is 12.6. The van der Waals surface area contributed by atoms with Crippen LogP contribution in [-0.2, 0) is 19.9 Å². The number of aliphatic carboxylic acids is 1. The molecule has 1 heterocycles. The van der Waals surface area contributed by atoms with Crippen molar-refractivity contribution in [1.82, 2.24) is 4.90 Å². The molecule has 0 radical (unpaired) electrons. The Morgan fingerprint density at radius 1 is 1.30 bits per heavy atom. The monoisotopic (exact) mass is 319 g/mol. The van der Waals surface area contributed by atoms with E-state index in [1.165, 1.54) is 0 Å². The zero-order valence-electron chi connectivity index (χ0n) is 13.8. The minimum absolute atomic E-state index is 0.133. The molecule has 126 valence electrons. The van der Waals surface area contributed by atoms with Gasteiger partial charge < -0.3 is 9.84 Å². The summed E-state index contributed by atoms with van der Waals surface area (Å²) in [4.78, 5) is 25.2. The number of ether oxygens (including phenoxy) is 1. The Hall–Kier alpha value is -1.88. The number of hydrogen-bond donors (Lipinski definition) is 1. The predicted octanol–water partition coefficient (Wildman–Crippen LogP) is 2.79. The summed E-state index contributed by atoms with van der Waals surface area (Å²) in [6.07, 6.45) is 2.41. The van der Waals surface area contributed by atoms with Gasteiger partial charge in [-0.3, -0.25) is 14.5 Å². The first-order valence-corrected chi connectivity index (χ1v) is 8.14. The molecule has 1 aromatic rings. The zero-order chi connectivity index (χ0) is 16.9. The molecular weight excluding hydrogens is 294 g/mol. The van der Waals surface area contributed by atoms with Gasteiger partial charge in [-0.25, -0.2) is 0 Å². The molecule has 0 amide bonds. The summed E-state index contributed by atoms with van der Waals surface area (Å²) < 4.78 is 5.77. The highest BCUT2D eigenvalue weighted by atomic mass is 16.6. The lowest BCUT2D eigenvalue weighted by Crippen LogP contribution is -2.41. The van der Waals surface area contributed by atoms with Crippen LogP contribution >= 0.6 is 0 Å². The number of carbonyl (C=O) groups is 2. The summed E-state index contributed by atoms with van der Waals surface area (Å²) in [7, 11) is 0. The molecule has 1 fully saturated rings. The topological polar surface area (TPSA) is 66.8 Å². The highest BCUT2D eigenvalue weighted by Crippen LogP contribution is 2.27. The largest absolute Gasteiger partial charge is 0.481 e. The van der Waals surface area contributed by atoms with Crippen LogP contribution in [0.25, 0.3) is 0 Å². The van der Waals surface area contributed by atoms with Crippen molar-refractivity contribution in [2.75, 3.05) is 13.1 Å². The van der Waals surface area contributed by atoms with Gasteiger partial charge in [0, 0.05) is 6.42 Å². The fourth-order valence-corrected chi connectivity index (χ4v) is 3.01. The lowest BCUT2D eigenvalue weighted by molar-refractivity contribution is -0.163. The van der Waals surface area contributed by atoms with Gasteiger partial charge in [0.2, 0.25) is 0 Å². The summed E-state index contributed by atoms with van der Waals surface area (Å²) >= 11 is 0. The number of likely N-dealkylation sites (tertiary alicyclic amines) is 1. The molecule has 0 saturated carbocycles. The number of esters is 1. The SMILES string of the molecule is CC(C)(OC(=O)[C@@H]1CCCN1CCCC(=O)O)c1ccccc1. The van der Waals surface area contributed by atoms with E-state index in [0.717, 1.165) is 24.9 Å². The summed E-state index contributed by atoms with van der Waals surface area (Å²) in [6, 6.07) is 9.44. The minimum Gasteiger partial charge on any atom is -0.481 e. The Kier molecular flexibility index (Phi) is 5.77. The van der Waals surface area contributed by atoms with Gasteiger partial charge in [-0.15, -0.1) is 0 Å². The van der Waals surface area contributed by atoms with Crippen LogP contribution < -0.4 is 0 Å². The van der Waals surface area contributed by atoms with Crippen LogP contribution in [0.15, 0.2) is 30.3 Å². The second-order valence-corrected chi connectivity index (χ2v) is 6.49. The predicted molar refractivity (Wildman–Crippen MR) is 87.0 cm³/mol. The van der Waals surface area contributed by atoms with Gasteiger partial charge in [0.15, 0.2) is 0 Å². The Balaban J connectivity index is 1.94. The van der Waals surface area contributed by atoms with E-state index in [0.29, 0.717) is 13.0 Å². The summed E-state index contributed by atoms with van der Waals surface area (Å²) in [5.74, 6) is -1.01. The average molecular weight is 319 g/mol. The normalized spacial score (nSPS) is 18.8. The lowest BCUT2D eigenvalue weighted by atomic mass is 9.98. The van der Waals surface area contributed by atoms with Crippen LogP contribution in [0, 0.1) is 0 Å². The maximum absolute atomic E-state index is 12.6. The van der Waals surface area contributed by atoms with Crippen LogP contribution in [0.2, 0.25) is 0 Å². The van der Waals surface area contributed by atoms with E-state index in [2.05, 4.69) is 0 Å². The molecular formula is C18H25NO4. The third-order valence-corrected chi connectivity index (χ3v) is 4.30. The standard InChI is InChI=1S/C18H25NO4/c1-18(2,14-8-4-3-5-9-14)23-17(22)15-10-6-12-19(15)13-7-11-16(20)21/h3-5,8-9,15H,6-7,10-13H2,1-2H3,(H,20,21)/t15-/m0/s1. The molecule has 2 rings (SSSR count). The fourth-order valence-electron chi connectivity index (χ4n) is 3.01. The van der Waals surface area contributed by atoms with Crippen molar-refractivity contribution >= 4 is 11.9 Å². The number of rotatable bonds is 7. The van der Waals surface area contributed by atoms with Crippen LogP contribution in [0.5, 0.6) is 0 Å². The molecule has 1 aliphatic rings. The van der Waals surface area contributed by atoms with Crippen molar-refractivity contribution in [3.63, 3.8) is 0 Å². The Bertz CT molecular complexity index is 541.